The number of rotatable bonds is 4. The fraction of sp³-hybridized carbons (Fsp3) is 0.923. The van der Waals surface area contributed by atoms with Gasteiger partial charge < -0.3 is 4.90 Å². The highest BCUT2D eigenvalue weighted by molar-refractivity contribution is 5.79. The summed E-state index contributed by atoms with van der Waals surface area (Å²) in [6, 6.07) is 0.520. The third-order valence-corrected chi connectivity index (χ3v) is 3.72. The first kappa shape index (κ1) is 12.5. The van der Waals surface area contributed by atoms with Crippen molar-refractivity contribution >= 4 is 5.91 Å². The lowest BCUT2D eigenvalue weighted by Gasteiger charge is -2.37. The summed E-state index contributed by atoms with van der Waals surface area (Å²) in [5, 5.41) is 0. The number of hydrogen-bond donors (Lipinski definition) is 0. The van der Waals surface area contributed by atoms with Crippen LogP contribution in [0.3, 0.4) is 0 Å². The maximum absolute atomic E-state index is 12.3. The van der Waals surface area contributed by atoms with E-state index in [2.05, 4.69) is 25.7 Å². The van der Waals surface area contributed by atoms with Crippen LogP contribution >= 0.6 is 0 Å². The van der Waals surface area contributed by atoms with E-state index >= 15 is 0 Å². The Hall–Kier alpha value is -0.530. The molecule has 0 aromatic rings. The second-order valence-corrected chi connectivity index (χ2v) is 4.60. The second-order valence-electron chi connectivity index (χ2n) is 4.60. The Bertz CT molecular complexity index is 199. The molecular weight excluding hydrogens is 186 g/mol. The topological polar surface area (TPSA) is 20.3 Å². The summed E-state index contributed by atoms with van der Waals surface area (Å²) in [4.78, 5) is 14.4. The highest BCUT2D eigenvalue weighted by atomic mass is 16.2. The fourth-order valence-corrected chi connectivity index (χ4v) is 2.59. The highest BCUT2D eigenvalue weighted by Gasteiger charge is 2.28. The molecule has 0 bridgehead atoms. The Kier molecular flexibility index (Phi) is 5.13. The van der Waals surface area contributed by atoms with Crippen molar-refractivity contribution in [3.63, 3.8) is 0 Å². The fourth-order valence-electron chi connectivity index (χ4n) is 2.59. The van der Waals surface area contributed by atoms with Crippen LogP contribution in [0.2, 0.25) is 0 Å². The zero-order valence-electron chi connectivity index (χ0n) is 10.5. The maximum atomic E-state index is 12.3. The normalized spacial score (nSPS) is 22.1. The summed E-state index contributed by atoms with van der Waals surface area (Å²) in [6.07, 6.45) is 6.80. The lowest BCUT2D eigenvalue weighted by molar-refractivity contribution is -0.139. The van der Waals surface area contributed by atoms with Gasteiger partial charge in [-0.05, 0) is 38.5 Å². The molecule has 1 aliphatic heterocycles. The van der Waals surface area contributed by atoms with Crippen LogP contribution in [-0.2, 0) is 4.79 Å². The zero-order chi connectivity index (χ0) is 11.3. The van der Waals surface area contributed by atoms with Crippen LogP contribution in [0.5, 0.6) is 0 Å². The van der Waals surface area contributed by atoms with Crippen molar-refractivity contribution < 1.29 is 4.79 Å². The third-order valence-electron chi connectivity index (χ3n) is 3.72. The Morgan fingerprint density at radius 3 is 2.47 bits per heavy atom. The molecule has 15 heavy (non-hydrogen) atoms. The van der Waals surface area contributed by atoms with Crippen LogP contribution in [0.15, 0.2) is 0 Å². The van der Waals surface area contributed by atoms with Gasteiger partial charge in [-0.15, -0.1) is 0 Å². The van der Waals surface area contributed by atoms with Gasteiger partial charge >= 0.3 is 0 Å². The SMILES string of the molecule is CCC(CC)C(=O)N1CCCC[C@@H]1CC. The number of amides is 1. The first-order chi connectivity index (χ1) is 7.24. The van der Waals surface area contributed by atoms with E-state index in [4.69, 9.17) is 0 Å². The van der Waals surface area contributed by atoms with E-state index in [9.17, 15) is 4.79 Å². The number of hydrogen-bond acceptors (Lipinski definition) is 1. The molecule has 0 spiro atoms. The van der Waals surface area contributed by atoms with E-state index < -0.39 is 0 Å². The zero-order valence-corrected chi connectivity index (χ0v) is 10.5. The van der Waals surface area contributed by atoms with Crippen LogP contribution in [0, 0.1) is 5.92 Å². The van der Waals surface area contributed by atoms with Gasteiger partial charge in [-0.3, -0.25) is 4.79 Å². The smallest absolute Gasteiger partial charge is 0.225 e. The van der Waals surface area contributed by atoms with Crippen LogP contribution in [0.4, 0.5) is 0 Å². The predicted octanol–water partition coefficient (Wildman–Crippen LogP) is 3.21. The van der Waals surface area contributed by atoms with E-state index in [-0.39, 0.29) is 5.92 Å². The quantitative estimate of drug-likeness (QED) is 0.699. The number of carbonyl (C=O) groups is 1. The van der Waals surface area contributed by atoms with Gasteiger partial charge in [0, 0.05) is 18.5 Å². The Balaban J connectivity index is 2.62. The molecule has 1 heterocycles. The number of nitrogens with zero attached hydrogens (tertiary/aromatic N) is 1. The molecular formula is C13H25NO. The van der Waals surface area contributed by atoms with Crippen molar-refractivity contribution in [2.24, 2.45) is 5.92 Å². The highest BCUT2D eigenvalue weighted by Crippen LogP contribution is 2.23. The molecule has 2 heteroatoms. The minimum Gasteiger partial charge on any atom is -0.339 e. The summed E-state index contributed by atoms with van der Waals surface area (Å²) in [5.41, 5.74) is 0. The minimum absolute atomic E-state index is 0.261. The van der Waals surface area contributed by atoms with Gasteiger partial charge in [-0.2, -0.15) is 0 Å². The summed E-state index contributed by atoms with van der Waals surface area (Å²) in [5.74, 6) is 0.670. The Morgan fingerprint density at radius 1 is 1.27 bits per heavy atom. The number of likely N-dealkylation sites (tertiary alicyclic amines) is 1. The average Bonchev–Trinajstić information content (AvgIpc) is 2.30. The largest absolute Gasteiger partial charge is 0.339 e. The van der Waals surface area contributed by atoms with Crippen LogP contribution in [-0.4, -0.2) is 23.4 Å². The lowest BCUT2D eigenvalue weighted by Crippen LogP contribution is -2.46. The predicted molar refractivity (Wildman–Crippen MR) is 63.7 cm³/mol. The monoisotopic (exact) mass is 211 g/mol. The average molecular weight is 211 g/mol. The molecule has 0 N–H and O–H groups in total. The van der Waals surface area contributed by atoms with Gasteiger partial charge in [0.25, 0.3) is 0 Å². The van der Waals surface area contributed by atoms with Crippen molar-refractivity contribution in [2.45, 2.75) is 65.3 Å². The molecule has 1 amide bonds. The molecule has 1 saturated heterocycles. The first-order valence-electron chi connectivity index (χ1n) is 6.55. The van der Waals surface area contributed by atoms with Gasteiger partial charge in [0.15, 0.2) is 0 Å². The molecule has 0 saturated carbocycles. The van der Waals surface area contributed by atoms with Gasteiger partial charge in [0.1, 0.15) is 0 Å². The Morgan fingerprint density at radius 2 is 1.93 bits per heavy atom. The lowest BCUT2D eigenvalue weighted by atomic mass is 9.95. The molecule has 0 radical (unpaired) electrons. The molecule has 1 atom stereocenters. The van der Waals surface area contributed by atoms with Crippen molar-refractivity contribution in [3.05, 3.63) is 0 Å². The summed E-state index contributed by atoms with van der Waals surface area (Å²) in [7, 11) is 0. The molecule has 2 nitrogen and oxygen atoms in total. The van der Waals surface area contributed by atoms with Gasteiger partial charge in [0.05, 0.1) is 0 Å². The molecule has 1 fully saturated rings. The van der Waals surface area contributed by atoms with E-state index in [0.29, 0.717) is 11.9 Å². The van der Waals surface area contributed by atoms with E-state index in [0.717, 1.165) is 25.8 Å². The van der Waals surface area contributed by atoms with E-state index in [1.54, 1.807) is 0 Å². The van der Waals surface area contributed by atoms with E-state index in [1.165, 1.54) is 19.3 Å². The molecule has 0 aliphatic carbocycles. The van der Waals surface area contributed by atoms with Crippen LogP contribution < -0.4 is 0 Å². The molecule has 0 unspecified atom stereocenters. The number of piperidine rings is 1. The first-order valence-corrected chi connectivity index (χ1v) is 6.55. The van der Waals surface area contributed by atoms with Gasteiger partial charge in [-0.1, -0.05) is 20.8 Å². The number of carbonyl (C=O) groups excluding carboxylic acids is 1. The van der Waals surface area contributed by atoms with Crippen molar-refractivity contribution in [1.29, 1.82) is 0 Å². The standard InChI is InChI=1S/C13H25NO/c1-4-11(5-2)13(15)14-10-8-7-9-12(14)6-3/h11-12H,4-10H2,1-3H3/t12-/m0/s1. The third kappa shape index (κ3) is 2.96. The molecule has 88 valence electrons. The summed E-state index contributed by atoms with van der Waals surface area (Å²) in [6.45, 7) is 7.44. The molecule has 0 aromatic carbocycles. The van der Waals surface area contributed by atoms with Crippen molar-refractivity contribution in [1.82, 2.24) is 4.90 Å². The Labute approximate surface area is 94.0 Å². The summed E-state index contributed by atoms with van der Waals surface area (Å²) >= 11 is 0. The van der Waals surface area contributed by atoms with Crippen molar-refractivity contribution in [2.75, 3.05) is 6.54 Å². The minimum atomic E-state index is 0.261. The van der Waals surface area contributed by atoms with Crippen LogP contribution in [0.25, 0.3) is 0 Å². The van der Waals surface area contributed by atoms with E-state index in [1.807, 2.05) is 0 Å². The van der Waals surface area contributed by atoms with Gasteiger partial charge in [0.2, 0.25) is 5.91 Å². The molecule has 1 aliphatic rings. The maximum Gasteiger partial charge on any atom is 0.225 e. The summed E-state index contributed by atoms with van der Waals surface area (Å²) < 4.78 is 0. The molecule has 1 rings (SSSR count). The van der Waals surface area contributed by atoms with Crippen molar-refractivity contribution in [3.8, 4) is 0 Å². The van der Waals surface area contributed by atoms with Gasteiger partial charge in [-0.25, -0.2) is 0 Å². The molecule has 0 aromatic heterocycles. The van der Waals surface area contributed by atoms with Crippen LogP contribution in [0.1, 0.15) is 59.3 Å². The second kappa shape index (κ2) is 6.14.